The third-order valence-electron chi connectivity index (χ3n) is 3.02. The fourth-order valence-electron chi connectivity index (χ4n) is 2.39. The number of carbonyl (C=O) groups is 1. The van der Waals surface area contributed by atoms with Crippen molar-refractivity contribution >= 4 is 17.5 Å². The van der Waals surface area contributed by atoms with Gasteiger partial charge in [0, 0.05) is 6.54 Å². The second-order valence-corrected chi connectivity index (χ2v) is 3.82. The zero-order valence-corrected chi connectivity index (χ0v) is 9.55. The van der Waals surface area contributed by atoms with Gasteiger partial charge in [-0.2, -0.15) is 0 Å². The maximum Gasteiger partial charge on any atom is 0.413 e. The quantitative estimate of drug-likeness (QED) is 0.833. The van der Waals surface area contributed by atoms with Crippen LogP contribution in [-0.2, 0) is 0 Å². The molecule has 4 heteroatoms. The smallest absolute Gasteiger partial charge is 0.413 e. The van der Waals surface area contributed by atoms with Gasteiger partial charge >= 0.3 is 6.09 Å². The Labute approximate surface area is 95.1 Å². The van der Waals surface area contributed by atoms with Crippen LogP contribution in [0.4, 0.5) is 16.2 Å². The monoisotopic (exact) mass is 220 g/mol. The number of fused-ring (bicyclic) bond motifs is 1. The molecular formula is C12H16N2O2. The van der Waals surface area contributed by atoms with Crippen molar-refractivity contribution in [3.63, 3.8) is 0 Å². The summed E-state index contributed by atoms with van der Waals surface area (Å²) in [6.07, 6.45) is -0.162. The lowest BCUT2D eigenvalue weighted by Gasteiger charge is -2.28. The number of hydrogen-bond acceptors (Lipinski definition) is 2. The summed E-state index contributed by atoms with van der Waals surface area (Å²) in [5.74, 6) is 0. The van der Waals surface area contributed by atoms with Crippen molar-refractivity contribution < 1.29 is 9.90 Å². The van der Waals surface area contributed by atoms with Gasteiger partial charge < -0.3 is 10.0 Å². The van der Waals surface area contributed by atoms with Gasteiger partial charge in [0.1, 0.15) is 6.17 Å². The molecule has 1 aromatic carbocycles. The van der Waals surface area contributed by atoms with Crippen LogP contribution in [0.5, 0.6) is 0 Å². The lowest BCUT2D eigenvalue weighted by atomic mass is 10.2. The number of carboxylic acid groups (broad SMARTS) is 1. The number of benzene rings is 1. The molecule has 0 spiro atoms. The summed E-state index contributed by atoms with van der Waals surface area (Å²) >= 11 is 0. The molecule has 1 heterocycles. The van der Waals surface area contributed by atoms with Crippen molar-refractivity contribution in [1.29, 1.82) is 0 Å². The van der Waals surface area contributed by atoms with Crippen LogP contribution in [0.15, 0.2) is 24.3 Å². The summed E-state index contributed by atoms with van der Waals surface area (Å²) in [6, 6.07) is 7.66. The molecule has 0 bridgehead atoms. The lowest BCUT2D eigenvalue weighted by Crippen LogP contribution is -2.45. The standard InChI is InChI=1S/C12H16N2O2/c1-3-11-13(4-2)9-7-5-6-8-10(9)14(11)12(15)16/h5-8,11H,3-4H2,1-2H3,(H,15,16). The number of para-hydroxylation sites is 2. The largest absolute Gasteiger partial charge is 0.465 e. The Morgan fingerprint density at radius 3 is 2.44 bits per heavy atom. The molecule has 1 N–H and O–H groups in total. The predicted molar refractivity (Wildman–Crippen MR) is 64.0 cm³/mol. The van der Waals surface area contributed by atoms with Gasteiger partial charge in [-0.05, 0) is 25.5 Å². The molecule has 2 rings (SSSR count). The van der Waals surface area contributed by atoms with Crippen LogP contribution in [0.25, 0.3) is 0 Å². The molecule has 1 amide bonds. The maximum absolute atomic E-state index is 11.3. The summed E-state index contributed by atoms with van der Waals surface area (Å²) in [6.45, 7) is 4.87. The van der Waals surface area contributed by atoms with Crippen molar-refractivity contribution in [2.75, 3.05) is 16.3 Å². The van der Waals surface area contributed by atoms with E-state index in [-0.39, 0.29) is 6.17 Å². The van der Waals surface area contributed by atoms with Gasteiger partial charge in [0.2, 0.25) is 0 Å². The van der Waals surface area contributed by atoms with Gasteiger partial charge in [0.15, 0.2) is 0 Å². The van der Waals surface area contributed by atoms with Gasteiger partial charge in [-0.25, -0.2) is 4.79 Å². The Morgan fingerprint density at radius 2 is 1.94 bits per heavy atom. The van der Waals surface area contributed by atoms with E-state index in [2.05, 4.69) is 4.90 Å². The third kappa shape index (κ3) is 1.41. The molecule has 0 saturated carbocycles. The second kappa shape index (κ2) is 4.04. The van der Waals surface area contributed by atoms with E-state index in [1.165, 1.54) is 4.90 Å². The molecule has 0 radical (unpaired) electrons. The van der Waals surface area contributed by atoms with E-state index < -0.39 is 6.09 Å². The van der Waals surface area contributed by atoms with Crippen molar-refractivity contribution in [3.8, 4) is 0 Å². The van der Waals surface area contributed by atoms with Gasteiger partial charge in [-0.3, -0.25) is 4.90 Å². The highest BCUT2D eigenvalue weighted by Gasteiger charge is 2.37. The van der Waals surface area contributed by atoms with Crippen molar-refractivity contribution in [1.82, 2.24) is 0 Å². The molecule has 1 atom stereocenters. The van der Waals surface area contributed by atoms with Gasteiger partial charge in [0.05, 0.1) is 11.4 Å². The molecule has 4 nitrogen and oxygen atoms in total. The topological polar surface area (TPSA) is 43.8 Å². The highest BCUT2D eigenvalue weighted by molar-refractivity contribution is 5.95. The van der Waals surface area contributed by atoms with E-state index in [9.17, 15) is 9.90 Å². The van der Waals surface area contributed by atoms with E-state index in [1.54, 1.807) is 0 Å². The van der Waals surface area contributed by atoms with Gasteiger partial charge in [-0.15, -0.1) is 0 Å². The van der Waals surface area contributed by atoms with Gasteiger partial charge in [0.25, 0.3) is 0 Å². The first-order valence-electron chi connectivity index (χ1n) is 5.58. The minimum atomic E-state index is -0.879. The summed E-state index contributed by atoms with van der Waals surface area (Å²) in [7, 11) is 0. The summed E-state index contributed by atoms with van der Waals surface area (Å²) in [5.41, 5.74) is 1.81. The number of amides is 1. The molecule has 0 aromatic heterocycles. The molecule has 1 unspecified atom stereocenters. The van der Waals surface area contributed by atoms with Crippen molar-refractivity contribution in [2.24, 2.45) is 0 Å². The van der Waals surface area contributed by atoms with Crippen LogP contribution in [-0.4, -0.2) is 23.9 Å². The molecular weight excluding hydrogens is 204 g/mol. The Morgan fingerprint density at radius 1 is 1.31 bits per heavy atom. The molecule has 0 aliphatic carbocycles. The third-order valence-corrected chi connectivity index (χ3v) is 3.02. The van der Waals surface area contributed by atoms with Crippen molar-refractivity contribution in [2.45, 2.75) is 26.4 Å². The second-order valence-electron chi connectivity index (χ2n) is 3.82. The summed E-state index contributed by atoms with van der Waals surface area (Å²) < 4.78 is 0. The van der Waals surface area contributed by atoms with Gasteiger partial charge in [-0.1, -0.05) is 19.1 Å². The van der Waals surface area contributed by atoms with E-state index >= 15 is 0 Å². The average molecular weight is 220 g/mol. The molecule has 86 valence electrons. The van der Waals surface area contributed by atoms with Crippen LogP contribution < -0.4 is 9.80 Å². The van der Waals surface area contributed by atoms with Crippen LogP contribution in [0.2, 0.25) is 0 Å². The predicted octanol–water partition coefficient (Wildman–Crippen LogP) is 2.75. The number of hydrogen-bond donors (Lipinski definition) is 1. The summed E-state index contributed by atoms with van der Waals surface area (Å²) in [4.78, 5) is 14.9. The first-order chi connectivity index (χ1) is 7.70. The maximum atomic E-state index is 11.3. The Hall–Kier alpha value is -1.71. The molecule has 1 aliphatic rings. The average Bonchev–Trinajstić information content (AvgIpc) is 2.62. The highest BCUT2D eigenvalue weighted by atomic mass is 16.4. The highest BCUT2D eigenvalue weighted by Crippen LogP contribution is 2.40. The molecule has 1 aliphatic heterocycles. The Bertz CT molecular complexity index is 406. The van der Waals surface area contributed by atoms with E-state index in [0.717, 1.165) is 24.3 Å². The fourth-order valence-corrected chi connectivity index (χ4v) is 2.39. The fraction of sp³-hybridized carbons (Fsp3) is 0.417. The molecule has 1 aromatic rings. The number of rotatable bonds is 2. The normalized spacial score (nSPS) is 18.8. The van der Waals surface area contributed by atoms with Crippen LogP contribution in [0.3, 0.4) is 0 Å². The zero-order chi connectivity index (χ0) is 11.7. The van der Waals surface area contributed by atoms with E-state index in [0.29, 0.717) is 0 Å². The van der Waals surface area contributed by atoms with Crippen LogP contribution in [0, 0.1) is 0 Å². The SMILES string of the molecule is CCC1N(CC)c2ccccc2N1C(=O)O. The first-order valence-corrected chi connectivity index (χ1v) is 5.58. The number of anilines is 2. The minimum Gasteiger partial charge on any atom is -0.465 e. The lowest BCUT2D eigenvalue weighted by molar-refractivity contribution is 0.199. The van der Waals surface area contributed by atoms with Crippen LogP contribution >= 0.6 is 0 Å². The number of nitrogens with zero attached hydrogens (tertiary/aromatic N) is 2. The van der Waals surface area contributed by atoms with E-state index in [1.807, 2.05) is 38.1 Å². The van der Waals surface area contributed by atoms with Crippen molar-refractivity contribution in [3.05, 3.63) is 24.3 Å². The van der Waals surface area contributed by atoms with Crippen LogP contribution in [0.1, 0.15) is 20.3 Å². The molecule has 16 heavy (non-hydrogen) atoms. The Balaban J connectivity index is 2.50. The Kier molecular flexibility index (Phi) is 2.73. The molecule has 0 fully saturated rings. The molecule has 0 saturated heterocycles. The van der Waals surface area contributed by atoms with E-state index in [4.69, 9.17) is 0 Å². The minimum absolute atomic E-state index is 0.0695. The zero-order valence-electron chi connectivity index (χ0n) is 9.55. The first kappa shape index (κ1) is 10.8. The summed E-state index contributed by atoms with van der Waals surface area (Å²) in [5, 5.41) is 9.27.